The smallest absolute Gasteiger partial charge is 0.306 e. The van der Waals surface area contributed by atoms with Crippen LogP contribution in [0.2, 0.25) is 0 Å². The maximum atomic E-state index is 11.2. The maximum Gasteiger partial charge on any atom is 0.306 e. The number of rotatable bonds is 9. The van der Waals surface area contributed by atoms with Gasteiger partial charge in [-0.25, -0.2) is 0 Å². The lowest BCUT2D eigenvalue weighted by Gasteiger charge is -2.05. The zero-order valence-electron chi connectivity index (χ0n) is 10.8. The average molecular weight is 322 g/mol. The van der Waals surface area contributed by atoms with Gasteiger partial charge in [0, 0.05) is 11.5 Å². The van der Waals surface area contributed by atoms with Crippen molar-refractivity contribution in [1.82, 2.24) is 0 Å². The molecule has 10 heteroatoms. The Morgan fingerprint density at radius 2 is 1.20 bits per heavy atom. The second-order valence-corrected chi connectivity index (χ2v) is 5.64. The van der Waals surface area contributed by atoms with E-state index in [2.05, 4.69) is 0 Å². The third-order valence-electron chi connectivity index (χ3n) is 1.74. The Morgan fingerprint density at radius 3 is 1.50 bits per heavy atom. The van der Waals surface area contributed by atoms with Crippen molar-refractivity contribution in [2.45, 2.75) is 12.8 Å². The van der Waals surface area contributed by atoms with E-state index in [0.717, 1.165) is 23.5 Å². The van der Waals surface area contributed by atoms with Gasteiger partial charge in [0.15, 0.2) is 10.3 Å². The van der Waals surface area contributed by atoms with Crippen molar-refractivity contribution in [2.75, 3.05) is 24.7 Å². The quantitative estimate of drug-likeness (QED) is 0.202. The van der Waals surface area contributed by atoms with Crippen LogP contribution < -0.4 is 11.5 Å². The van der Waals surface area contributed by atoms with Crippen molar-refractivity contribution >= 4 is 45.8 Å². The van der Waals surface area contributed by atoms with Crippen LogP contribution in [0.3, 0.4) is 0 Å². The van der Waals surface area contributed by atoms with E-state index in [1.807, 2.05) is 0 Å². The lowest BCUT2D eigenvalue weighted by atomic mass is 10.3. The molecule has 0 aromatic rings. The average Bonchev–Trinajstić information content (AvgIpc) is 2.37. The Hall–Kier alpha value is -1.42. The fraction of sp³-hybridized carbons (Fsp3) is 0.600. The molecule has 0 saturated heterocycles. The van der Waals surface area contributed by atoms with Gasteiger partial charge < -0.3 is 20.9 Å². The summed E-state index contributed by atoms with van der Waals surface area (Å²) in [6.45, 7) is 0.292. The monoisotopic (exact) mass is 322 g/mol. The topological polar surface area (TPSA) is 152 Å². The van der Waals surface area contributed by atoms with Gasteiger partial charge in [-0.3, -0.25) is 20.4 Å². The molecule has 114 valence electrons. The molecule has 0 aliphatic heterocycles. The molecular weight excluding hydrogens is 304 g/mol. The van der Waals surface area contributed by atoms with Gasteiger partial charge >= 0.3 is 11.9 Å². The molecule has 8 nitrogen and oxygen atoms in total. The molecule has 0 atom stereocenters. The van der Waals surface area contributed by atoms with E-state index in [0.29, 0.717) is 11.5 Å². The Kier molecular flexibility index (Phi) is 10.6. The minimum Gasteiger partial charge on any atom is -0.465 e. The molecule has 0 aliphatic carbocycles. The van der Waals surface area contributed by atoms with E-state index in [1.54, 1.807) is 0 Å². The molecule has 0 fully saturated rings. The van der Waals surface area contributed by atoms with Crippen LogP contribution in [0.15, 0.2) is 0 Å². The van der Waals surface area contributed by atoms with Gasteiger partial charge in [0.25, 0.3) is 0 Å². The van der Waals surface area contributed by atoms with E-state index in [-0.39, 0.29) is 36.4 Å². The van der Waals surface area contributed by atoms with Crippen LogP contribution in [0, 0.1) is 10.8 Å². The summed E-state index contributed by atoms with van der Waals surface area (Å²) in [6, 6.07) is 0. The largest absolute Gasteiger partial charge is 0.465 e. The number of amidine groups is 2. The van der Waals surface area contributed by atoms with Crippen LogP contribution in [-0.4, -0.2) is 47.0 Å². The highest BCUT2D eigenvalue weighted by molar-refractivity contribution is 8.13. The normalized spacial score (nSPS) is 9.80. The number of ether oxygens (including phenoxy) is 2. The van der Waals surface area contributed by atoms with Gasteiger partial charge in [-0.2, -0.15) is 0 Å². The third kappa shape index (κ3) is 13.0. The number of nitrogens with two attached hydrogens (primary N) is 2. The second-order valence-electron chi connectivity index (χ2n) is 3.37. The molecule has 20 heavy (non-hydrogen) atoms. The minimum absolute atomic E-state index is 0.0342. The molecule has 6 N–H and O–H groups in total. The number of hydrogen-bond acceptors (Lipinski definition) is 8. The fourth-order valence-electron chi connectivity index (χ4n) is 0.963. The molecule has 0 bridgehead atoms. The summed E-state index contributed by atoms with van der Waals surface area (Å²) < 4.78 is 9.66. The van der Waals surface area contributed by atoms with Crippen molar-refractivity contribution in [3.63, 3.8) is 0 Å². The predicted molar refractivity (Wildman–Crippen MR) is 79.9 cm³/mol. The standard InChI is InChI=1S/C10H18N4O4S2/c11-9(12)19-5-3-17-7(15)1-2-8(16)18-4-6-20-10(13)14/h1-6H2,(H3,11,12)(H3,13,14). The Morgan fingerprint density at radius 1 is 0.850 bits per heavy atom. The number of thioether (sulfide) groups is 2. The second kappa shape index (κ2) is 11.4. The van der Waals surface area contributed by atoms with Crippen LogP contribution in [0.5, 0.6) is 0 Å². The summed E-state index contributed by atoms with van der Waals surface area (Å²) in [5.74, 6) is -0.171. The summed E-state index contributed by atoms with van der Waals surface area (Å²) in [5, 5.41) is 13.8. The molecule has 0 saturated carbocycles. The third-order valence-corrected chi connectivity index (χ3v) is 3.10. The van der Waals surface area contributed by atoms with Gasteiger partial charge in [0.05, 0.1) is 12.8 Å². The lowest BCUT2D eigenvalue weighted by molar-refractivity contribution is -0.149. The van der Waals surface area contributed by atoms with Gasteiger partial charge in [-0.15, -0.1) is 0 Å². The van der Waals surface area contributed by atoms with Crippen molar-refractivity contribution in [3.05, 3.63) is 0 Å². The SMILES string of the molecule is N=C(N)SCCOC(=O)CCC(=O)OCCSC(=N)N. The summed E-state index contributed by atoms with van der Waals surface area (Å²) >= 11 is 2.15. The van der Waals surface area contributed by atoms with Crippen molar-refractivity contribution in [2.24, 2.45) is 11.5 Å². The Balaban J connectivity index is 3.50. The zero-order valence-corrected chi connectivity index (χ0v) is 12.5. The maximum absolute atomic E-state index is 11.2. The molecule has 0 aliphatic rings. The first-order valence-electron chi connectivity index (χ1n) is 5.66. The fourth-order valence-corrected chi connectivity index (χ4v) is 1.74. The van der Waals surface area contributed by atoms with Crippen molar-refractivity contribution < 1.29 is 19.1 Å². The van der Waals surface area contributed by atoms with Gasteiger partial charge in [-0.05, 0) is 0 Å². The first-order valence-corrected chi connectivity index (χ1v) is 7.64. The van der Waals surface area contributed by atoms with Crippen LogP contribution >= 0.6 is 23.5 Å². The Bertz CT molecular complexity index is 331. The highest BCUT2D eigenvalue weighted by atomic mass is 32.2. The summed E-state index contributed by atoms with van der Waals surface area (Å²) in [7, 11) is 0. The van der Waals surface area contributed by atoms with Crippen molar-refractivity contribution in [1.29, 1.82) is 10.8 Å². The zero-order chi connectivity index (χ0) is 15.4. The van der Waals surface area contributed by atoms with Crippen LogP contribution in [-0.2, 0) is 19.1 Å². The van der Waals surface area contributed by atoms with Crippen molar-refractivity contribution in [3.8, 4) is 0 Å². The number of nitrogens with one attached hydrogen (secondary N) is 2. The predicted octanol–water partition coefficient (Wildman–Crippen LogP) is 0.106. The summed E-state index contributed by atoms with van der Waals surface area (Å²) in [4.78, 5) is 22.5. The van der Waals surface area contributed by atoms with E-state index in [1.165, 1.54) is 0 Å². The molecule has 0 spiro atoms. The molecule has 0 amide bonds. The molecule has 0 aromatic carbocycles. The van der Waals surface area contributed by atoms with E-state index >= 15 is 0 Å². The van der Waals surface area contributed by atoms with Crippen LogP contribution in [0.4, 0.5) is 0 Å². The number of carbonyl (C=O) groups excluding carboxylic acids is 2. The molecular formula is C10H18N4O4S2. The molecule has 0 heterocycles. The van der Waals surface area contributed by atoms with E-state index < -0.39 is 11.9 Å². The molecule has 0 unspecified atom stereocenters. The number of carbonyl (C=O) groups is 2. The summed E-state index contributed by atoms with van der Waals surface area (Å²) in [5.41, 5.74) is 10.2. The van der Waals surface area contributed by atoms with E-state index in [9.17, 15) is 9.59 Å². The van der Waals surface area contributed by atoms with Gasteiger partial charge in [0.2, 0.25) is 0 Å². The first-order chi connectivity index (χ1) is 9.41. The van der Waals surface area contributed by atoms with Crippen LogP contribution in [0.1, 0.15) is 12.8 Å². The highest BCUT2D eigenvalue weighted by Crippen LogP contribution is 2.01. The summed E-state index contributed by atoms with van der Waals surface area (Å²) in [6.07, 6.45) is -0.104. The first kappa shape index (κ1) is 18.6. The number of hydrogen-bond donors (Lipinski definition) is 4. The van der Waals surface area contributed by atoms with Crippen LogP contribution in [0.25, 0.3) is 0 Å². The minimum atomic E-state index is -0.496. The lowest BCUT2D eigenvalue weighted by Crippen LogP contribution is -2.14. The molecule has 0 radical (unpaired) electrons. The molecule has 0 rings (SSSR count). The van der Waals surface area contributed by atoms with Gasteiger partial charge in [0.1, 0.15) is 13.2 Å². The Labute approximate surface area is 125 Å². The van der Waals surface area contributed by atoms with Gasteiger partial charge in [-0.1, -0.05) is 23.5 Å². The molecule has 0 aromatic heterocycles. The van der Waals surface area contributed by atoms with E-state index in [4.69, 9.17) is 31.8 Å². The highest BCUT2D eigenvalue weighted by Gasteiger charge is 2.09. The number of esters is 2.